The first-order valence-corrected chi connectivity index (χ1v) is 8.16. The van der Waals surface area contributed by atoms with Crippen molar-refractivity contribution in [2.45, 2.75) is 50.6 Å². The maximum Gasteiger partial charge on any atom is 0.315 e. The van der Waals surface area contributed by atoms with E-state index in [1.54, 1.807) is 6.26 Å². The van der Waals surface area contributed by atoms with Crippen LogP contribution in [0.2, 0.25) is 0 Å². The number of aliphatic carboxylic acids is 1. The van der Waals surface area contributed by atoms with Crippen LogP contribution in [0.4, 0.5) is 4.79 Å². The molecule has 7 heteroatoms. The lowest BCUT2D eigenvalue weighted by Gasteiger charge is -2.41. The second-order valence-corrected chi connectivity index (χ2v) is 6.82. The molecule has 19 heavy (non-hydrogen) atoms. The van der Waals surface area contributed by atoms with Gasteiger partial charge in [0.1, 0.15) is 0 Å². The molecule has 0 spiro atoms. The fourth-order valence-electron chi connectivity index (χ4n) is 2.15. The Morgan fingerprint density at radius 1 is 1.42 bits per heavy atom. The number of hydrogen-bond donors (Lipinski definition) is 3. The molecule has 0 saturated heterocycles. The van der Waals surface area contributed by atoms with Gasteiger partial charge < -0.3 is 15.7 Å². The van der Waals surface area contributed by atoms with Gasteiger partial charge in [-0.25, -0.2) is 4.79 Å². The molecule has 1 saturated carbocycles. The van der Waals surface area contributed by atoms with Crippen LogP contribution >= 0.6 is 0 Å². The quantitative estimate of drug-likeness (QED) is 0.647. The van der Waals surface area contributed by atoms with Crippen LogP contribution in [0.3, 0.4) is 0 Å². The average molecular weight is 290 g/mol. The molecule has 1 fully saturated rings. The predicted molar refractivity (Wildman–Crippen MR) is 73.5 cm³/mol. The van der Waals surface area contributed by atoms with Gasteiger partial charge in [0.15, 0.2) is 0 Å². The highest BCUT2D eigenvalue weighted by Crippen LogP contribution is 2.34. The molecule has 0 aromatic rings. The van der Waals surface area contributed by atoms with Crippen molar-refractivity contribution in [1.29, 1.82) is 0 Å². The summed E-state index contributed by atoms with van der Waals surface area (Å²) in [5.41, 5.74) is -0.580. The number of amides is 2. The van der Waals surface area contributed by atoms with Crippen molar-refractivity contribution in [1.82, 2.24) is 10.6 Å². The Labute approximate surface area is 115 Å². The number of urea groups is 1. The van der Waals surface area contributed by atoms with Crippen LogP contribution in [0.5, 0.6) is 0 Å². The summed E-state index contributed by atoms with van der Waals surface area (Å²) >= 11 is 0. The number of rotatable bonds is 7. The van der Waals surface area contributed by atoms with Gasteiger partial charge in [-0.15, -0.1) is 0 Å². The number of carbonyl (C=O) groups is 2. The monoisotopic (exact) mass is 290 g/mol. The van der Waals surface area contributed by atoms with Gasteiger partial charge >= 0.3 is 12.0 Å². The largest absolute Gasteiger partial charge is 0.481 e. The zero-order valence-electron chi connectivity index (χ0n) is 11.4. The predicted octanol–water partition coefficient (Wildman–Crippen LogP) is 0.840. The fraction of sp³-hybridized carbons (Fsp3) is 0.833. The highest BCUT2D eigenvalue weighted by molar-refractivity contribution is 7.84. The summed E-state index contributed by atoms with van der Waals surface area (Å²) in [6.45, 7) is 1.84. The second-order valence-electron chi connectivity index (χ2n) is 5.27. The molecule has 0 heterocycles. The SMILES string of the molecule is CC(CCS(C)=O)NC(=O)NC1(CC(=O)O)CCC1. The van der Waals surface area contributed by atoms with Crippen LogP contribution in [-0.4, -0.2) is 44.9 Å². The summed E-state index contributed by atoms with van der Waals surface area (Å²) < 4.78 is 11.0. The smallest absolute Gasteiger partial charge is 0.315 e. The second kappa shape index (κ2) is 6.88. The summed E-state index contributed by atoms with van der Waals surface area (Å²) in [5.74, 6) is -0.351. The third-order valence-corrected chi connectivity index (χ3v) is 4.21. The van der Waals surface area contributed by atoms with Crippen molar-refractivity contribution in [2.75, 3.05) is 12.0 Å². The molecule has 0 aromatic heterocycles. The molecule has 2 atom stereocenters. The highest BCUT2D eigenvalue weighted by Gasteiger charge is 2.40. The van der Waals surface area contributed by atoms with Crippen LogP contribution in [0.15, 0.2) is 0 Å². The van der Waals surface area contributed by atoms with Crippen molar-refractivity contribution in [3.05, 3.63) is 0 Å². The van der Waals surface area contributed by atoms with E-state index in [0.717, 1.165) is 6.42 Å². The lowest BCUT2D eigenvalue weighted by molar-refractivity contribution is -0.139. The van der Waals surface area contributed by atoms with E-state index >= 15 is 0 Å². The molecule has 6 nitrogen and oxygen atoms in total. The number of carboxylic acid groups (broad SMARTS) is 1. The van der Waals surface area contributed by atoms with Crippen LogP contribution in [0, 0.1) is 0 Å². The number of hydrogen-bond acceptors (Lipinski definition) is 3. The first kappa shape index (κ1) is 15.9. The van der Waals surface area contributed by atoms with Gasteiger partial charge in [-0.3, -0.25) is 9.00 Å². The van der Waals surface area contributed by atoms with E-state index < -0.39 is 22.3 Å². The zero-order chi connectivity index (χ0) is 14.5. The van der Waals surface area contributed by atoms with Crippen molar-refractivity contribution in [3.63, 3.8) is 0 Å². The highest BCUT2D eigenvalue weighted by atomic mass is 32.2. The first-order valence-electron chi connectivity index (χ1n) is 6.43. The van der Waals surface area contributed by atoms with Gasteiger partial charge in [0.25, 0.3) is 0 Å². The van der Waals surface area contributed by atoms with Crippen LogP contribution < -0.4 is 10.6 Å². The Hall–Kier alpha value is -1.11. The Morgan fingerprint density at radius 2 is 2.05 bits per heavy atom. The van der Waals surface area contributed by atoms with E-state index in [-0.39, 0.29) is 18.5 Å². The summed E-state index contributed by atoms with van der Waals surface area (Å²) in [6.07, 6.45) is 4.59. The molecule has 2 unspecified atom stereocenters. The van der Waals surface area contributed by atoms with Crippen LogP contribution in [0.1, 0.15) is 39.0 Å². The van der Waals surface area contributed by atoms with Crippen molar-refractivity contribution >= 4 is 22.8 Å². The van der Waals surface area contributed by atoms with Gasteiger partial charge in [0, 0.05) is 28.9 Å². The molecule has 0 aliphatic heterocycles. The molecule has 110 valence electrons. The molecule has 3 N–H and O–H groups in total. The van der Waals surface area contributed by atoms with E-state index in [4.69, 9.17) is 5.11 Å². The zero-order valence-corrected chi connectivity index (χ0v) is 12.2. The molecule has 0 aromatic carbocycles. The number of carbonyl (C=O) groups excluding carboxylic acids is 1. The molecular weight excluding hydrogens is 268 g/mol. The van der Waals surface area contributed by atoms with Gasteiger partial charge in [-0.1, -0.05) is 0 Å². The Balaban J connectivity index is 2.37. The van der Waals surface area contributed by atoms with Crippen LogP contribution in [0.25, 0.3) is 0 Å². The van der Waals surface area contributed by atoms with E-state index in [2.05, 4.69) is 10.6 Å². The molecule has 1 rings (SSSR count). The molecule has 1 aliphatic rings. The molecule has 0 bridgehead atoms. The summed E-state index contributed by atoms with van der Waals surface area (Å²) in [5, 5.41) is 14.4. The number of carboxylic acids is 1. The van der Waals surface area contributed by atoms with Gasteiger partial charge in [0.05, 0.1) is 12.0 Å². The molecule has 0 radical (unpaired) electrons. The third kappa shape index (κ3) is 5.59. The van der Waals surface area contributed by atoms with Gasteiger partial charge in [0.2, 0.25) is 0 Å². The Kier molecular flexibility index (Phi) is 5.78. The lowest BCUT2D eigenvalue weighted by atomic mass is 9.74. The summed E-state index contributed by atoms with van der Waals surface area (Å²) in [7, 11) is -0.868. The Bertz CT molecular complexity index is 369. The van der Waals surface area contributed by atoms with Gasteiger partial charge in [-0.05, 0) is 32.6 Å². The molecular formula is C12H22N2O4S. The summed E-state index contributed by atoms with van der Waals surface area (Å²) in [4.78, 5) is 22.6. The van der Waals surface area contributed by atoms with Crippen LogP contribution in [-0.2, 0) is 15.6 Å². The molecule has 2 amide bonds. The maximum absolute atomic E-state index is 11.8. The molecule has 1 aliphatic carbocycles. The fourth-order valence-corrected chi connectivity index (χ4v) is 2.84. The van der Waals surface area contributed by atoms with Crippen molar-refractivity contribution in [2.24, 2.45) is 0 Å². The topological polar surface area (TPSA) is 95.5 Å². The van der Waals surface area contributed by atoms with E-state index in [1.165, 1.54) is 0 Å². The van der Waals surface area contributed by atoms with Gasteiger partial charge in [-0.2, -0.15) is 0 Å². The third-order valence-electron chi connectivity index (χ3n) is 3.39. The van der Waals surface area contributed by atoms with Crippen molar-refractivity contribution in [3.8, 4) is 0 Å². The van der Waals surface area contributed by atoms with E-state index in [1.807, 2.05) is 6.92 Å². The minimum absolute atomic E-state index is 0.0340. The summed E-state index contributed by atoms with van der Waals surface area (Å²) in [6, 6.07) is -0.416. The maximum atomic E-state index is 11.8. The van der Waals surface area contributed by atoms with E-state index in [0.29, 0.717) is 25.0 Å². The standard InChI is InChI=1S/C12H22N2O4S/c1-9(4-7-19(2)18)13-11(17)14-12(5-3-6-12)8-10(15)16/h9H,3-8H2,1-2H3,(H,15,16)(H2,13,14,17). The normalized spacial score (nSPS) is 19.9. The van der Waals surface area contributed by atoms with E-state index in [9.17, 15) is 13.8 Å². The minimum Gasteiger partial charge on any atom is -0.481 e. The Morgan fingerprint density at radius 3 is 2.47 bits per heavy atom. The number of nitrogens with one attached hydrogen (secondary N) is 2. The minimum atomic E-state index is -0.894. The lowest BCUT2D eigenvalue weighted by Crippen LogP contribution is -2.58. The first-order chi connectivity index (χ1) is 8.83. The van der Waals surface area contributed by atoms with Crippen molar-refractivity contribution < 1.29 is 18.9 Å². The average Bonchev–Trinajstić information content (AvgIpc) is 2.22.